The molecule has 12 nitrogen and oxygen atoms in total. The van der Waals surface area contributed by atoms with Gasteiger partial charge in [0.15, 0.2) is 23.8 Å². The molecule has 244 valence electrons. The Labute approximate surface area is 254 Å². The summed E-state index contributed by atoms with van der Waals surface area (Å²) in [5.41, 5.74) is -1.53. The van der Waals surface area contributed by atoms with Crippen LogP contribution >= 0.6 is 0 Å². The van der Waals surface area contributed by atoms with Gasteiger partial charge in [0.1, 0.15) is 12.5 Å². The second-order valence-electron chi connectivity index (χ2n) is 15.4. The van der Waals surface area contributed by atoms with Gasteiger partial charge < -0.3 is 18.9 Å². The van der Waals surface area contributed by atoms with Crippen molar-refractivity contribution in [2.45, 2.75) is 141 Å². The first-order chi connectivity index (χ1) is 20.3. The Morgan fingerprint density at radius 2 is 1.00 bits per heavy atom. The Bertz CT molecular complexity index is 1160. The summed E-state index contributed by atoms with van der Waals surface area (Å²) in [7, 11) is -4.08. The van der Waals surface area contributed by atoms with Crippen LogP contribution in [0.15, 0.2) is 0 Å². The average Bonchev–Trinajstić information content (AvgIpc) is 3.31. The first kappa shape index (κ1) is 29.9. The average molecular weight is 629 g/mol. The number of ether oxygens (including phenoxy) is 4. The predicted octanol–water partition coefficient (Wildman–Crippen LogP) is 3.83. The van der Waals surface area contributed by atoms with Crippen LogP contribution in [-0.4, -0.2) is 56.2 Å². The van der Waals surface area contributed by atoms with Crippen LogP contribution in [0.4, 0.5) is 0 Å². The molecule has 2 saturated carbocycles. The lowest BCUT2D eigenvalue weighted by molar-refractivity contribution is -0.571. The van der Waals surface area contributed by atoms with Crippen molar-refractivity contribution in [3.8, 4) is 0 Å². The Morgan fingerprint density at radius 3 is 1.42 bits per heavy atom. The van der Waals surface area contributed by atoms with E-state index in [4.69, 9.17) is 38.5 Å². The van der Waals surface area contributed by atoms with Crippen LogP contribution in [0.5, 0.6) is 0 Å². The lowest BCUT2D eigenvalue weighted by Gasteiger charge is -2.60. The molecule has 0 amide bonds. The van der Waals surface area contributed by atoms with Crippen molar-refractivity contribution < 1.29 is 46.9 Å². The summed E-state index contributed by atoms with van der Waals surface area (Å²) in [5, 5.41) is 0. The van der Waals surface area contributed by atoms with Gasteiger partial charge in [0.05, 0.1) is 0 Å². The van der Waals surface area contributed by atoms with Crippen molar-refractivity contribution in [1.82, 2.24) is 9.44 Å². The van der Waals surface area contributed by atoms with E-state index in [0.29, 0.717) is 24.7 Å². The Kier molecular flexibility index (Phi) is 6.81. The van der Waals surface area contributed by atoms with E-state index in [1.54, 1.807) is 0 Å². The molecule has 4 bridgehead atoms. The standard InChI is InChI=1S/C30H48N2O10S/c1-15-7-9-21-17(3)23(35-25-29(21)19(15)11-13-27(5,37-25)39-41-29)31-43(33,34)32-24-18(4)22-10-8-16(2)20-12-14-28(6)38-26(36-24)30(20,22)42-40-28/h15-26,31-32H,7-14H2,1-6H3/t15?,16?,17-,18-,19?,20?,21?,22?,23-,24?,25?,26?,27+,28+,29-,30?/m1/s1. The third-order valence-corrected chi connectivity index (χ3v) is 13.9. The normalized spacial score (nSPS) is 59.1. The predicted molar refractivity (Wildman–Crippen MR) is 149 cm³/mol. The minimum absolute atomic E-state index is 0.00139. The maximum Gasteiger partial charge on any atom is 0.281 e. The van der Waals surface area contributed by atoms with Crippen LogP contribution in [0.2, 0.25) is 0 Å². The molecule has 8 heterocycles. The first-order valence-electron chi connectivity index (χ1n) is 16.5. The molecule has 10 rings (SSSR count). The molecule has 10 aliphatic rings. The van der Waals surface area contributed by atoms with E-state index in [9.17, 15) is 8.42 Å². The van der Waals surface area contributed by atoms with E-state index in [-0.39, 0.29) is 35.5 Å². The van der Waals surface area contributed by atoms with E-state index >= 15 is 0 Å². The molecular weight excluding hydrogens is 580 g/mol. The largest absolute Gasteiger partial charge is 0.330 e. The van der Waals surface area contributed by atoms with E-state index in [2.05, 4.69) is 23.3 Å². The molecule has 0 aromatic heterocycles. The molecule has 2 spiro atoms. The van der Waals surface area contributed by atoms with Crippen LogP contribution in [-0.2, 0) is 48.7 Å². The topological polar surface area (TPSA) is 132 Å². The molecule has 13 heteroatoms. The Balaban J connectivity index is 1.03. The summed E-state index contributed by atoms with van der Waals surface area (Å²) < 4.78 is 59.1. The van der Waals surface area contributed by atoms with Gasteiger partial charge in [-0.3, -0.25) is 0 Å². The van der Waals surface area contributed by atoms with Crippen molar-refractivity contribution >= 4 is 10.2 Å². The highest BCUT2D eigenvalue weighted by Crippen LogP contribution is 2.62. The summed E-state index contributed by atoms with van der Waals surface area (Å²) in [6.45, 7) is 12.3. The van der Waals surface area contributed by atoms with Gasteiger partial charge in [0.25, 0.3) is 10.2 Å². The number of fused-ring (bicyclic) bond motifs is 4. The molecule has 8 aliphatic heterocycles. The quantitative estimate of drug-likeness (QED) is 0.443. The number of nitrogens with one attached hydrogen (secondary N) is 2. The summed E-state index contributed by atoms with van der Waals surface area (Å²) in [5.74, 6) is -0.983. The first-order valence-corrected chi connectivity index (χ1v) is 18.0. The van der Waals surface area contributed by atoms with Crippen molar-refractivity contribution in [1.29, 1.82) is 0 Å². The van der Waals surface area contributed by atoms with Crippen molar-refractivity contribution in [2.24, 2.45) is 47.3 Å². The third-order valence-electron chi connectivity index (χ3n) is 12.9. The van der Waals surface area contributed by atoms with Crippen LogP contribution in [0.25, 0.3) is 0 Å². The summed E-state index contributed by atoms with van der Waals surface area (Å²) >= 11 is 0. The molecule has 2 aliphatic carbocycles. The Hall–Kier alpha value is -0.450. The fourth-order valence-corrected chi connectivity index (χ4v) is 11.6. The maximum absolute atomic E-state index is 13.8. The lowest BCUT2D eigenvalue weighted by atomic mass is 9.58. The van der Waals surface area contributed by atoms with Gasteiger partial charge in [0, 0.05) is 36.5 Å². The van der Waals surface area contributed by atoms with E-state index in [1.807, 2.05) is 27.7 Å². The summed E-state index contributed by atoms with van der Waals surface area (Å²) in [4.78, 5) is 24.2. The van der Waals surface area contributed by atoms with Gasteiger partial charge in [-0.15, -0.1) is 0 Å². The fraction of sp³-hybridized carbons (Fsp3) is 1.00. The molecule has 10 fully saturated rings. The molecule has 2 N–H and O–H groups in total. The van der Waals surface area contributed by atoms with Crippen LogP contribution in [0, 0.1) is 47.3 Å². The van der Waals surface area contributed by atoms with Gasteiger partial charge in [-0.1, -0.05) is 27.7 Å². The minimum Gasteiger partial charge on any atom is -0.330 e. The zero-order valence-corrected chi connectivity index (χ0v) is 26.9. The highest BCUT2D eigenvalue weighted by molar-refractivity contribution is 7.87. The monoisotopic (exact) mass is 628 g/mol. The second-order valence-corrected chi connectivity index (χ2v) is 16.9. The zero-order chi connectivity index (χ0) is 30.2. The van der Waals surface area contributed by atoms with E-state index in [1.165, 1.54) is 0 Å². The lowest BCUT2D eigenvalue weighted by Crippen LogP contribution is -2.73. The Morgan fingerprint density at radius 1 is 0.581 bits per heavy atom. The van der Waals surface area contributed by atoms with Crippen molar-refractivity contribution in [3.63, 3.8) is 0 Å². The maximum atomic E-state index is 13.8. The van der Waals surface area contributed by atoms with Crippen molar-refractivity contribution in [2.75, 3.05) is 0 Å². The molecule has 0 aromatic carbocycles. The van der Waals surface area contributed by atoms with Gasteiger partial charge >= 0.3 is 0 Å². The van der Waals surface area contributed by atoms with Gasteiger partial charge in [0.2, 0.25) is 11.6 Å². The second kappa shape index (κ2) is 9.79. The molecule has 0 radical (unpaired) electrons. The molecule has 8 saturated heterocycles. The minimum atomic E-state index is -4.08. The number of rotatable bonds is 4. The fourth-order valence-electron chi connectivity index (χ4n) is 10.4. The molecule has 43 heavy (non-hydrogen) atoms. The molecule has 0 aromatic rings. The van der Waals surface area contributed by atoms with Gasteiger partial charge in [-0.2, -0.15) is 17.9 Å². The van der Waals surface area contributed by atoms with Gasteiger partial charge in [-0.25, -0.2) is 19.6 Å². The molecular formula is C30H48N2O10S. The zero-order valence-electron chi connectivity index (χ0n) is 26.1. The van der Waals surface area contributed by atoms with Gasteiger partial charge in [-0.05, 0) is 76.0 Å². The third kappa shape index (κ3) is 4.26. The van der Waals surface area contributed by atoms with Crippen LogP contribution < -0.4 is 9.44 Å². The van der Waals surface area contributed by atoms with E-state index in [0.717, 1.165) is 38.5 Å². The van der Waals surface area contributed by atoms with Crippen molar-refractivity contribution in [3.05, 3.63) is 0 Å². The smallest absolute Gasteiger partial charge is 0.281 e. The highest BCUT2D eigenvalue weighted by atomic mass is 32.2. The summed E-state index contributed by atoms with van der Waals surface area (Å²) in [6, 6.07) is 0. The SMILES string of the molecule is CC1CCC2[C@@H](C)C(NS(=O)(=O)N[C@@H]3OC4O[C@]5(C)CCC6C(C)CCC([C@H]3C)[C@@]46OO5)OC3O[C@]4(C)CCC1C32OO4. The van der Waals surface area contributed by atoms with Crippen LogP contribution in [0.3, 0.4) is 0 Å². The number of hydrogen-bond donors (Lipinski definition) is 2. The van der Waals surface area contributed by atoms with E-state index < -0.39 is 58.0 Å². The number of hydrogen-bond acceptors (Lipinski definition) is 10. The molecule has 16 atom stereocenters. The summed E-state index contributed by atoms with van der Waals surface area (Å²) in [6.07, 6.45) is 3.92. The molecule has 10 unspecified atom stereocenters. The van der Waals surface area contributed by atoms with Crippen LogP contribution in [0.1, 0.15) is 92.9 Å². The highest BCUT2D eigenvalue weighted by Gasteiger charge is 2.71.